The van der Waals surface area contributed by atoms with Crippen LogP contribution in [0.5, 0.6) is 0 Å². The summed E-state index contributed by atoms with van der Waals surface area (Å²) in [5, 5.41) is 20.4. The average Bonchev–Trinajstić information content (AvgIpc) is 2.39. The van der Waals surface area contributed by atoms with E-state index >= 15 is 0 Å². The molecular weight excluding hydrogens is 264 g/mol. The zero-order chi connectivity index (χ0) is 14.3. The number of rotatable bonds is 7. The molecule has 0 aromatic heterocycles. The second kappa shape index (κ2) is 7.24. The highest BCUT2D eigenvalue weighted by atomic mass is 32.2. The molecule has 6 heteroatoms. The number of sulfone groups is 1. The number of benzene rings is 1. The first-order chi connectivity index (χ1) is 8.99. The Bertz CT molecular complexity index is 532. The molecule has 1 unspecified atom stereocenters. The molecule has 1 aromatic rings. The van der Waals surface area contributed by atoms with E-state index in [0.29, 0.717) is 18.5 Å². The molecule has 1 atom stereocenters. The highest BCUT2D eigenvalue weighted by Gasteiger charge is 2.14. The molecular formula is C13H18N2O3S. The molecule has 0 aliphatic heterocycles. The van der Waals surface area contributed by atoms with Crippen molar-refractivity contribution >= 4 is 9.84 Å². The summed E-state index contributed by atoms with van der Waals surface area (Å²) in [7, 11) is -3.33. The van der Waals surface area contributed by atoms with Crippen LogP contribution in [0, 0.1) is 11.3 Å². The number of nitrogens with one attached hydrogen (secondary N) is 1. The standard InChI is InChI=1S/C13H18N2O3S/c1-11(6-8-16)15-7-9-19(17,18)13-4-2-12(10-14)3-5-13/h2-5,11,15-16H,6-9H2,1H3. The van der Waals surface area contributed by atoms with Gasteiger partial charge in [0, 0.05) is 19.2 Å². The lowest BCUT2D eigenvalue weighted by Crippen LogP contribution is -2.31. The van der Waals surface area contributed by atoms with Gasteiger partial charge in [-0.05, 0) is 37.6 Å². The predicted octanol–water partition coefficient (Wildman–Crippen LogP) is 0.692. The van der Waals surface area contributed by atoms with Gasteiger partial charge < -0.3 is 10.4 Å². The van der Waals surface area contributed by atoms with E-state index in [2.05, 4.69) is 5.32 Å². The number of hydrogen-bond acceptors (Lipinski definition) is 5. The Kier molecular flexibility index (Phi) is 5.96. The minimum Gasteiger partial charge on any atom is -0.396 e. The maximum atomic E-state index is 12.0. The van der Waals surface area contributed by atoms with Gasteiger partial charge in [0.05, 0.1) is 22.3 Å². The van der Waals surface area contributed by atoms with Gasteiger partial charge in [0.25, 0.3) is 0 Å². The van der Waals surface area contributed by atoms with Crippen molar-refractivity contribution in [2.24, 2.45) is 0 Å². The number of aliphatic hydroxyl groups is 1. The topological polar surface area (TPSA) is 90.2 Å². The first-order valence-electron chi connectivity index (χ1n) is 6.07. The SMILES string of the molecule is CC(CCO)NCCS(=O)(=O)c1ccc(C#N)cc1. The van der Waals surface area contributed by atoms with E-state index in [4.69, 9.17) is 10.4 Å². The molecule has 0 fully saturated rings. The second-order valence-electron chi connectivity index (χ2n) is 4.32. The Hall–Kier alpha value is -1.42. The van der Waals surface area contributed by atoms with E-state index in [1.54, 1.807) is 0 Å². The summed E-state index contributed by atoms with van der Waals surface area (Å²) in [5.41, 5.74) is 0.439. The summed E-state index contributed by atoms with van der Waals surface area (Å²) in [5.74, 6) is -0.00529. The molecule has 0 radical (unpaired) electrons. The Balaban J connectivity index is 2.58. The largest absolute Gasteiger partial charge is 0.396 e. The third-order valence-corrected chi connectivity index (χ3v) is 4.50. The van der Waals surface area contributed by atoms with Gasteiger partial charge in [0.1, 0.15) is 0 Å². The molecule has 0 heterocycles. The molecule has 0 aliphatic carbocycles. The van der Waals surface area contributed by atoms with Crippen molar-refractivity contribution in [2.45, 2.75) is 24.3 Å². The number of nitrogens with zero attached hydrogens (tertiary/aromatic N) is 1. The van der Waals surface area contributed by atoms with Crippen LogP contribution in [0.4, 0.5) is 0 Å². The van der Waals surface area contributed by atoms with Crippen LogP contribution in [-0.2, 0) is 9.84 Å². The summed E-state index contributed by atoms with van der Waals surface area (Å²) in [4.78, 5) is 0.225. The van der Waals surface area contributed by atoms with E-state index in [1.165, 1.54) is 24.3 Å². The van der Waals surface area contributed by atoms with Gasteiger partial charge in [-0.25, -0.2) is 8.42 Å². The highest BCUT2D eigenvalue weighted by Crippen LogP contribution is 2.11. The summed E-state index contributed by atoms with van der Waals surface area (Å²) in [6.07, 6.45) is 0.594. The van der Waals surface area contributed by atoms with E-state index in [-0.39, 0.29) is 23.3 Å². The van der Waals surface area contributed by atoms with Crippen molar-refractivity contribution in [3.05, 3.63) is 29.8 Å². The van der Waals surface area contributed by atoms with Crippen LogP contribution in [0.1, 0.15) is 18.9 Å². The van der Waals surface area contributed by atoms with Crippen molar-refractivity contribution in [2.75, 3.05) is 18.9 Å². The molecule has 19 heavy (non-hydrogen) atoms. The molecule has 0 saturated carbocycles. The van der Waals surface area contributed by atoms with Crippen LogP contribution in [0.15, 0.2) is 29.2 Å². The minimum atomic E-state index is -3.33. The molecule has 2 N–H and O–H groups in total. The Morgan fingerprint density at radius 3 is 2.53 bits per heavy atom. The van der Waals surface area contributed by atoms with Crippen LogP contribution in [0.2, 0.25) is 0 Å². The average molecular weight is 282 g/mol. The third kappa shape index (κ3) is 4.99. The fourth-order valence-electron chi connectivity index (χ4n) is 1.59. The van der Waals surface area contributed by atoms with Crippen molar-refractivity contribution in [3.8, 4) is 6.07 Å². The molecule has 0 saturated heterocycles. The smallest absolute Gasteiger partial charge is 0.179 e. The predicted molar refractivity (Wildman–Crippen MR) is 72.4 cm³/mol. The first kappa shape index (κ1) is 15.6. The molecule has 0 bridgehead atoms. The first-order valence-corrected chi connectivity index (χ1v) is 7.72. The maximum absolute atomic E-state index is 12.0. The fraction of sp³-hybridized carbons (Fsp3) is 0.462. The van der Waals surface area contributed by atoms with E-state index in [1.807, 2.05) is 13.0 Å². The Labute approximate surface area is 113 Å². The molecule has 1 aromatic carbocycles. The fourth-order valence-corrected chi connectivity index (χ4v) is 2.76. The molecule has 0 amide bonds. The molecule has 1 rings (SSSR count). The quantitative estimate of drug-likeness (QED) is 0.768. The van der Waals surface area contributed by atoms with Gasteiger partial charge in [-0.1, -0.05) is 0 Å². The summed E-state index contributed by atoms with van der Waals surface area (Å²) in [6, 6.07) is 7.92. The van der Waals surface area contributed by atoms with Crippen LogP contribution < -0.4 is 5.32 Å². The summed E-state index contributed by atoms with van der Waals surface area (Å²) in [6.45, 7) is 2.31. The zero-order valence-corrected chi connectivity index (χ0v) is 11.7. The van der Waals surface area contributed by atoms with Crippen LogP contribution in [0.3, 0.4) is 0 Å². The molecule has 0 spiro atoms. The number of hydrogen-bond donors (Lipinski definition) is 2. The van der Waals surface area contributed by atoms with Gasteiger partial charge in [-0.15, -0.1) is 0 Å². The zero-order valence-electron chi connectivity index (χ0n) is 10.8. The number of aliphatic hydroxyl groups excluding tert-OH is 1. The lowest BCUT2D eigenvalue weighted by molar-refractivity contribution is 0.270. The van der Waals surface area contributed by atoms with Crippen LogP contribution in [0.25, 0.3) is 0 Å². The number of nitriles is 1. The minimum absolute atomic E-state index is 0.00529. The van der Waals surface area contributed by atoms with Gasteiger partial charge in [-0.2, -0.15) is 5.26 Å². The van der Waals surface area contributed by atoms with E-state index in [9.17, 15) is 8.42 Å². The lowest BCUT2D eigenvalue weighted by Gasteiger charge is -2.12. The van der Waals surface area contributed by atoms with Crippen molar-refractivity contribution in [1.29, 1.82) is 5.26 Å². The van der Waals surface area contributed by atoms with Gasteiger partial charge in [-0.3, -0.25) is 0 Å². The molecule has 5 nitrogen and oxygen atoms in total. The molecule has 0 aliphatic rings. The van der Waals surface area contributed by atoms with Gasteiger partial charge >= 0.3 is 0 Å². The molecule has 104 valence electrons. The maximum Gasteiger partial charge on any atom is 0.179 e. The second-order valence-corrected chi connectivity index (χ2v) is 6.43. The van der Waals surface area contributed by atoms with Crippen molar-refractivity contribution in [3.63, 3.8) is 0 Å². The van der Waals surface area contributed by atoms with Crippen LogP contribution in [-0.4, -0.2) is 38.5 Å². The Morgan fingerprint density at radius 2 is 2.00 bits per heavy atom. The van der Waals surface area contributed by atoms with E-state index < -0.39 is 9.84 Å². The normalized spacial score (nSPS) is 12.9. The summed E-state index contributed by atoms with van der Waals surface area (Å²) < 4.78 is 24.0. The van der Waals surface area contributed by atoms with E-state index in [0.717, 1.165) is 0 Å². The third-order valence-electron chi connectivity index (χ3n) is 2.77. The van der Waals surface area contributed by atoms with Gasteiger partial charge in [0.15, 0.2) is 9.84 Å². The van der Waals surface area contributed by atoms with Gasteiger partial charge in [0.2, 0.25) is 0 Å². The van der Waals surface area contributed by atoms with Crippen molar-refractivity contribution < 1.29 is 13.5 Å². The lowest BCUT2D eigenvalue weighted by atomic mass is 10.2. The highest BCUT2D eigenvalue weighted by molar-refractivity contribution is 7.91. The van der Waals surface area contributed by atoms with Crippen LogP contribution >= 0.6 is 0 Å². The van der Waals surface area contributed by atoms with Crippen molar-refractivity contribution in [1.82, 2.24) is 5.32 Å². The Morgan fingerprint density at radius 1 is 1.37 bits per heavy atom. The summed E-state index contributed by atoms with van der Waals surface area (Å²) >= 11 is 0. The monoisotopic (exact) mass is 282 g/mol.